The highest BCUT2D eigenvalue weighted by Gasteiger charge is 2.29. The number of carbonyl (C=O) groups is 1. The van der Waals surface area contributed by atoms with Gasteiger partial charge in [-0.1, -0.05) is 0 Å². The van der Waals surface area contributed by atoms with Gasteiger partial charge in [-0.2, -0.15) is 0 Å². The molecule has 2 heterocycles. The first-order valence-electron chi connectivity index (χ1n) is 6.30. The molecule has 1 N–H and O–H groups in total. The van der Waals surface area contributed by atoms with E-state index in [1.54, 1.807) is 0 Å². The van der Waals surface area contributed by atoms with Crippen molar-refractivity contribution < 1.29 is 4.79 Å². The van der Waals surface area contributed by atoms with E-state index in [0.717, 1.165) is 19.6 Å². The average molecular weight is 234 g/mol. The summed E-state index contributed by atoms with van der Waals surface area (Å²) in [6.45, 7) is 4.50. The van der Waals surface area contributed by atoms with Crippen LogP contribution in [0.4, 0.5) is 4.79 Å². The number of urea groups is 1. The highest BCUT2D eigenvalue weighted by Crippen LogP contribution is 2.40. The number of imidazole rings is 1. The van der Waals surface area contributed by atoms with Crippen molar-refractivity contribution >= 4 is 6.03 Å². The number of hydrogen-bond donors (Lipinski definition) is 1. The minimum absolute atomic E-state index is 0.0601. The molecule has 1 saturated carbocycles. The number of hydrogen-bond acceptors (Lipinski definition) is 2. The summed E-state index contributed by atoms with van der Waals surface area (Å²) in [5, 5.41) is 2.83. The smallest absolute Gasteiger partial charge is 0.317 e. The second kappa shape index (κ2) is 4.05. The summed E-state index contributed by atoms with van der Waals surface area (Å²) in [6, 6.07) is 0.363. The second-order valence-electron chi connectivity index (χ2n) is 5.03. The molecule has 1 aromatic rings. The maximum Gasteiger partial charge on any atom is 0.317 e. The number of amides is 2. The number of nitrogens with zero attached hydrogens (tertiary/aromatic N) is 3. The number of nitrogens with one attached hydrogen (secondary N) is 1. The monoisotopic (exact) mass is 234 g/mol. The molecule has 5 nitrogen and oxygen atoms in total. The summed E-state index contributed by atoms with van der Waals surface area (Å²) >= 11 is 0. The molecule has 3 rings (SSSR count). The fraction of sp³-hybridized carbons (Fsp3) is 0.667. The van der Waals surface area contributed by atoms with Gasteiger partial charge in [0.2, 0.25) is 0 Å². The van der Waals surface area contributed by atoms with E-state index in [0.29, 0.717) is 12.0 Å². The van der Waals surface area contributed by atoms with Crippen LogP contribution < -0.4 is 5.32 Å². The number of aromatic nitrogens is 2. The van der Waals surface area contributed by atoms with E-state index >= 15 is 0 Å². The van der Waals surface area contributed by atoms with Crippen LogP contribution in [0, 0.1) is 0 Å². The summed E-state index contributed by atoms with van der Waals surface area (Å²) in [4.78, 5) is 17.6. The fourth-order valence-electron chi connectivity index (χ4n) is 2.47. The van der Waals surface area contributed by atoms with Crippen molar-refractivity contribution in [1.82, 2.24) is 19.8 Å². The molecule has 0 spiro atoms. The number of carbonyl (C=O) groups excluding carboxylic acids is 1. The van der Waals surface area contributed by atoms with Crippen molar-refractivity contribution in [2.24, 2.45) is 0 Å². The molecule has 1 aliphatic heterocycles. The lowest BCUT2D eigenvalue weighted by Crippen LogP contribution is -2.33. The van der Waals surface area contributed by atoms with Gasteiger partial charge < -0.3 is 14.8 Å². The second-order valence-corrected chi connectivity index (χ2v) is 5.03. The van der Waals surface area contributed by atoms with Crippen molar-refractivity contribution in [1.29, 1.82) is 0 Å². The third-order valence-electron chi connectivity index (χ3n) is 3.60. The normalized spacial score (nSPS) is 21.7. The van der Waals surface area contributed by atoms with Gasteiger partial charge in [0.1, 0.15) is 0 Å². The van der Waals surface area contributed by atoms with Crippen molar-refractivity contribution in [3.05, 3.63) is 18.2 Å². The van der Waals surface area contributed by atoms with E-state index in [2.05, 4.69) is 21.8 Å². The minimum Gasteiger partial charge on any atom is -0.336 e. The maximum atomic E-state index is 11.5. The van der Waals surface area contributed by atoms with E-state index < -0.39 is 0 Å². The van der Waals surface area contributed by atoms with Crippen LogP contribution in [0.3, 0.4) is 0 Å². The van der Waals surface area contributed by atoms with Gasteiger partial charge in [-0.15, -0.1) is 0 Å². The van der Waals surface area contributed by atoms with Gasteiger partial charge in [-0.3, -0.25) is 0 Å². The van der Waals surface area contributed by atoms with E-state index in [1.165, 1.54) is 18.5 Å². The Balaban J connectivity index is 1.70. The first-order valence-corrected chi connectivity index (χ1v) is 6.30. The lowest BCUT2D eigenvalue weighted by Gasteiger charge is -2.22. The molecule has 1 atom stereocenters. The van der Waals surface area contributed by atoms with Gasteiger partial charge in [0, 0.05) is 43.5 Å². The first kappa shape index (κ1) is 10.6. The van der Waals surface area contributed by atoms with Crippen LogP contribution in [0.15, 0.2) is 12.5 Å². The molecule has 0 radical (unpaired) electrons. The van der Waals surface area contributed by atoms with Crippen molar-refractivity contribution in [2.75, 3.05) is 19.6 Å². The molecule has 2 amide bonds. The van der Waals surface area contributed by atoms with Crippen LogP contribution in [0.1, 0.15) is 37.4 Å². The van der Waals surface area contributed by atoms with Gasteiger partial charge in [0.05, 0.1) is 6.33 Å². The summed E-state index contributed by atoms with van der Waals surface area (Å²) in [5.74, 6) is 0.701. The molecule has 1 aliphatic carbocycles. The maximum absolute atomic E-state index is 11.5. The van der Waals surface area contributed by atoms with Crippen LogP contribution in [-0.2, 0) is 0 Å². The molecule has 17 heavy (non-hydrogen) atoms. The molecule has 2 aliphatic rings. The molecular formula is C12H18N4O. The van der Waals surface area contributed by atoms with E-state index in [1.807, 2.05) is 17.4 Å². The van der Waals surface area contributed by atoms with Gasteiger partial charge in [0.15, 0.2) is 0 Å². The SMILES string of the molecule is C[C@H](CN1CCNC1=O)n1cncc1C1CC1. The van der Waals surface area contributed by atoms with Crippen LogP contribution in [0.2, 0.25) is 0 Å². The third kappa shape index (κ3) is 2.01. The highest BCUT2D eigenvalue weighted by atomic mass is 16.2. The Labute approximate surface area is 101 Å². The molecular weight excluding hydrogens is 216 g/mol. The zero-order valence-electron chi connectivity index (χ0n) is 10.1. The minimum atomic E-state index is 0.0601. The lowest BCUT2D eigenvalue weighted by atomic mass is 10.2. The van der Waals surface area contributed by atoms with Gasteiger partial charge >= 0.3 is 6.03 Å². The Hall–Kier alpha value is -1.52. The topological polar surface area (TPSA) is 50.2 Å². The Morgan fingerprint density at radius 2 is 2.41 bits per heavy atom. The Morgan fingerprint density at radius 1 is 1.59 bits per heavy atom. The van der Waals surface area contributed by atoms with Crippen LogP contribution in [-0.4, -0.2) is 40.1 Å². The summed E-state index contributed by atoms with van der Waals surface area (Å²) < 4.78 is 2.23. The Morgan fingerprint density at radius 3 is 3.06 bits per heavy atom. The third-order valence-corrected chi connectivity index (χ3v) is 3.60. The fourth-order valence-corrected chi connectivity index (χ4v) is 2.47. The predicted molar refractivity (Wildman–Crippen MR) is 63.9 cm³/mol. The van der Waals surface area contributed by atoms with Crippen LogP contribution in [0.5, 0.6) is 0 Å². The Bertz CT molecular complexity index is 424. The first-order chi connectivity index (χ1) is 8.25. The molecule has 0 unspecified atom stereocenters. The molecule has 1 saturated heterocycles. The van der Waals surface area contributed by atoms with Gasteiger partial charge in [-0.05, 0) is 19.8 Å². The summed E-state index contributed by atoms with van der Waals surface area (Å²) in [7, 11) is 0. The van der Waals surface area contributed by atoms with Crippen LogP contribution >= 0.6 is 0 Å². The van der Waals surface area contributed by atoms with Crippen molar-refractivity contribution in [3.8, 4) is 0 Å². The molecule has 5 heteroatoms. The molecule has 0 aromatic carbocycles. The molecule has 2 fully saturated rings. The number of rotatable bonds is 4. The van der Waals surface area contributed by atoms with E-state index in [4.69, 9.17) is 0 Å². The standard InChI is InChI=1S/C12H18N4O/c1-9(7-15-5-4-14-12(15)17)16-8-13-6-11(16)10-2-3-10/h6,8-10H,2-5,7H2,1H3,(H,14,17)/t9-/m1/s1. The zero-order valence-corrected chi connectivity index (χ0v) is 10.1. The zero-order chi connectivity index (χ0) is 11.8. The summed E-state index contributed by atoms with van der Waals surface area (Å²) in [5.41, 5.74) is 1.33. The predicted octanol–water partition coefficient (Wildman–Crippen LogP) is 1.35. The molecule has 92 valence electrons. The summed E-state index contributed by atoms with van der Waals surface area (Å²) in [6.07, 6.45) is 6.43. The van der Waals surface area contributed by atoms with Crippen molar-refractivity contribution in [2.45, 2.75) is 31.7 Å². The average Bonchev–Trinajstić information content (AvgIpc) is 2.90. The quantitative estimate of drug-likeness (QED) is 0.855. The van der Waals surface area contributed by atoms with E-state index in [-0.39, 0.29) is 6.03 Å². The molecule has 1 aromatic heterocycles. The Kier molecular flexibility index (Phi) is 2.53. The van der Waals surface area contributed by atoms with Gasteiger partial charge in [0.25, 0.3) is 0 Å². The lowest BCUT2D eigenvalue weighted by molar-refractivity contribution is 0.210. The van der Waals surface area contributed by atoms with Crippen molar-refractivity contribution in [3.63, 3.8) is 0 Å². The van der Waals surface area contributed by atoms with E-state index in [9.17, 15) is 4.79 Å². The largest absolute Gasteiger partial charge is 0.336 e. The molecule has 0 bridgehead atoms. The van der Waals surface area contributed by atoms with Gasteiger partial charge in [-0.25, -0.2) is 9.78 Å². The van der Waals surface area contributed by atoms with Crippen LogP contribution in [0.25, 0.3) is 0 Å². The highest BCUT2D eigenvalue weighted by molar-refractivity contribution is 5.76.